The minimum atomic E-state index is -4.72. The third-order valence-corrected chi connectivity index (χ3v) is 3.48. The van der Waals surface area contributed by atoms with E-state index in [9.17, 15) is 18.3 Å². The molecule has 2 aromatic rings. The van der Waals surface area contributed by atoms with Crippen molar-refractivity contribution in [2.24, 2.45) is 0 Å². The Morgan fingerprint density at radius 2 is 1.62 bits per heavy atom. The average molecular weight is 357 g/mol. The van der Waals surface area contributed by atoms with Crippen molar-refractivity contribution in [3.63, 3.8) is 0 Å². The zero-order chi connectivity index (χ0) is 15.8. The van der Waals surface area contributed by atoms with Crippen molar-refractivity contribution in [2.45, 2.75) is 12.3 Å². The molecule has 0 amide bonds. The van der Waals surface area contributed by atoms with Gasteiger partial charge in [-0.3, -0.25) is 0 Å². The average Bonchev–Trinajstić information content (AvgIpc) is 2.37. The van der Waals surface area contributed by atoms with E-state index in [-0.39, 0.29) is 5.56 Å². The molecule has 2 nitrogen and oxygen atoms in total. The Morgan fingerprint density at radius 1 is 1.05 bits per heavy atom. The van der Waals surface area contributed by atoms with E-state index in [4.69, 9.17) is 34.8 Å². The van der Waals surface area contributed by atoms with Gasteiger partial charge in [0.1, 0.15) is 16.4 Å². The van der Waals surface area contributed by atoms with Crippen LogP contribution in [0.25, 0.3) is 0 Å². The van der Waals surface area contributed by atoms with Gasteiger partial charge in [0.05, 0.1) is 5.56 Å². The Morgan fingerprint density at radius 3 is 2.14 bits per heavy atom. The highest BCUT2D eigenvalue weighted by Gasteiger charge is 2.37. The van der Waals surface area contributed by atoms with E-state index in [1.807, 2.05) is 0 Å². The number of benzene rings is 1. The van der Waals surface area contributed by atoms with E-state index in [0.29, 0.717) is 11.1 Å². The van der Waals surface area contributed by atoms with Gasteiger partial charge in [-0.05, 0) is 23.8 Å². The smallest absolute Gasteiger partial charge is 0.384 e. The number of hydrogen-bond acceptors (Lipinski definition) is 2. The van der Waals surface area contributed by atoms with Crippen molar-refractivity contribution in [1.29, 1.82) is 0 Å². The largest absolute Gasteiger partial charge is 0.417 e. The number of halogens is 6. The quantitative estimate of drug-likeness (QED) is 0.756. The van der Waals surface area contributed by atoms with Crippen LogP contribution in [0.4, 0.5) is 13.2 Å². The summed E-state index contributed by atoms with van der Waals surface area (Å²) in [5.74, 6) is 0. The maximum Gasteiger partial charge on any atom is 0.417 e. The van der Waals surface area contributed by atoms with Crippen LogP contribution in [-0.2, 0) is 6.18 Å². The molecule has 0 saturated heterocycles. The molecule has 0 aliphatic rings. The van der Waals surface area contributed by atoms with E-state index in [1.54, 1.807) is 0 Å². The molecular weight excluding hydrogens is 350 g/mol. The minimum Gasteiger partial charge on any atom is -0.384 e. The third kappa shape index (κ3) is 3.61. The molecule has 21 heavy (non-hydrogen) atoms. The fourth-order valence-corrected chi connectivity index (χ4v) is 2.46. The molecule has 1 N–H and O–H groups in total. The molecule has 0 radical (unpaired) electrons. The number of aliphatic hydroxyl groups is 1. The molecule has 0 fully saturated rings. The maximum atomic E-state index is 13.1. The van der Waals surface area contributed by atoms with Crippen molar-refractivity contribution in [3.05, 3.63) is 62.4 Å². The van der Waals surface area contributed by atoms with Crippen molar-refractivity contribution in [1.82, 2.24) is 4.98 Å². The van der Waals surface area contributed by atoms with Crippen LogP contribution in [-0.4, -0.2) is 10.1 Å². The van der Waals surface area contributed by atoms with E-state index in [0.717, 1.165) is 0 Å². The molecular formula is C13H7Cl3F3NO. The number of aliphatic hydroxyl groups excluding tert-OH is 1. The summed E-state index contributed by atoms with van der Waals surface area (Å²) in [5, 5.41) is 9.67. The van der Waals surface area contributed by atoms with Gasteiger partial charge < -0.3 is 5.11 Å². The topological polar surface area (TPSA) is 33.1 Å². The minimum absolute atomic E-state index is 0.205. The van der Waals surface area contributed by atoms with Crippen LogP contribution in [0.5, 0.6) is 0 Å². The van der Waals surface area contributed by atoms with E-state index >= 15 is 0 Å². The number of hydrogen-bond donors (Lipinski definition) is 1. The van der Waals surface area contributed by atoms with Gasteiger partial charge in [-0.2, -0.15) is 13.2 Å². The van der Waals surface area contributed by atoms with Crippen LogP contribution in [0.1, 0.15) is 22.8 Å². The maximum absolute atomic E-state index is 13.1. The lowest BCUT2D eigenvalue weighted by Crippen LogP contribution is -2.14. The molecule has 1 heterocycles. The summed E-state index contributed by atoms with van der Waals surface area (Å²) in [4.78, 5) is 3.56. The molecule has 0 aliphatic heterocycles. The highest BCUT2D eigenvalue weighted by molar-refractivity contribution is 6.33. The van der Waals surface area contributed by atoms with Gasteiger partial charge in [-0.1, -0.05) is 46.9 Å². The normalized spacial score (nSPS) is 13.3. The summed E-state index contributed by atoms with van der Waals surface area (Å²) in [6.45, 7) is 0. The summed E-state index contributed by atoms with van der Waals surface area (Å²) in [6, 6.07) is 6.33. The van der Waals surface area contributed by atoms with Crippen LogP contribution >= 0.6 is 34.8 Å². The van der Waals surface area contributed by atoms with Crippen molar-refractivity contribution in [2.75, 3.05) is 0 Å². The van der Waals surface area contributed by atoms with Gasteiger partial charge in [-0.25, -0.2) is 4.98 Å². The summed E-state index contributed by atoms with van der Waals surface area (Å²) in [6.07, 6.45) is -6.32. The summed E-state index contributed by atoms with van der Waals surface area (Å²) in [5.41, 5.74) is -1.47. The van der Waals surface area contributed by atoms with Crippen LogP contribution < -0.4 is 0 Å². The summed E-state index contributed by atoms with van der Waals surface area (Å²) in [7, 11) is 0. The number of pyridine rings is 1. The lowest BCUT2D eigenvalue weighted by Gasteiger charge is -2.19. The van der Waals surface area contributed by atoms with Crippen molar-refractivity contribution < 1.29 is 18.3 Å². The first-order valence-corrected chi connectivity index (χ1v) is 6.70. The second-order valence-corrected chi connectivity index (χ2v) is 5.33. The van der Waals surface area contributed by atoms with Gasteiger partial charge in [0.2, 0.25) is 0 Å². The molecule has 1 aromatic carbocycles. The van der Waals surface area contributed by atoms with E-state index in [2.05, 4.69) is 4.98 Å². The third-order valence-electron chi connectivity index (χ3n) is 2.75. The molecule has 112 valence electrons. The van der Waals surface area contributed by atoms with Gasteiger partial charge in [0, 0.05) is 10.6 Å². The van der Waals surface area contributed by atoms with Gasteiger partial charge >= 0.3 is 6.18 Å². The zero-order valence-electron chi connectivity index (χ0n) is 10.1. The molecule has 0 aliphatic carbocycles. The Bertz CT molecular complexity index is 659. The van der Waals surface area contributed by atoms with Gasteiger partial charge in [-0.15, -0.1) is 0 Å². The molecule has 0 unspecified atom stereocenters. The Hall–Kier alpha value is -1.01. The summed E-state index contributed by atoms with van der Waals surface area (Å²) < 4.78 is 39.2. The van der Waals surface area contributed by atoms with Crippen LogP contribution in [0.3, 0.4) is 0 Å². The Balaban J connectivity index is 2.59. The van der Waals surface area contributed by atoms with Crippen LogP contribution in [0.2, 0.25) is 15.3 Å². The summed E-state index contributed by atoms with van der Waals surface area (Å²) >= 11 is 16.9. The van der Waals surface area contributed by atoms with E-state index < -0.39 is 33.7 Å². The molecule has 0 spiro atoms. The standard InChI is InChI=1S/C13H7Cl3F3NO/c14-7-3-1-6(2-4-7)11(21)10-8(13(17,18)19)5-9(15)20-12(10)16/h1-5,11,21H/t11-/m0/s1. The molecule has 2 rings (SSSR count). The Kier molecular flexibility index (Phi) is 4.68. The molecule has 1 aromatic heterocycles. The first kappa shape index (κ1) is 16.4. The molecule has 0 bridgehead atoms. The lowest BCUT2D eigenvalue weighted by molar-refractivity contribution is -0.139. The number of rotatable bonds is 2. The van der Waals surface area contributed by atoms with Gasteiger partial charge in [0.15, 0.2) is 0 Å². The number of alkyl halides is 3. The van der Waals surface area contributed by atoms with E-state index in [1.165, 1.54) is 24.3 Å². The molecule has 0 saturated carbocycles. The van der Waals surface area contributed by atoms with Gasteiger partial charge in [0.25, 0.3) is 0 Å². The molecule has 1 atom stereocenters. The van der Waals surface area contributed by atoms with Crippen LogP contribution in [0.15, 0.2) is 30.3 Å². The number of aromatic nitrogens is 1. The fraction of sp³-hybridized carbons (Fsp3) is 0.154. The highest BCUT2D eigenvalue weighted by atomic mass is 35.5. The first-order chi connectivity index (χ1) is 9.70. The fourth-order valence-electron chi connectivity index (χ4n) is 1.80. The van der Waals surface area contributed by atoms with Crippen molar-refractivity contribution >= 4 is 34.8 Å². The molecule has 8 heteroatoms. The lowest BCUT2D eigenvalue weighted by atomic mass is 9.98. The van der Waals surface area contributed by atoms with Crippen LogP contribution in [0, 0.1) is 0 Å². The highest BCUT2D eigenvalue weighted by Crippen LogP contribution is 2.40. The number of nitrogens with zero attached hydrogens (tertiary/aromatic N) is 1. The Labute approximate surface area is 133 Å². The zero-order valence-corrected chi connectivity index (χ0v) is 12.4. The van der Waals surface area contributed by atoms with Crippen molar-refractivity contribution in [3.8, 4) is 0 Å². The first-order valence-electron chi connectivity index (χ1n) is 5.57. The monoisotopic (exact) mass is 355 g/mol. The predicted molar refractivity (Wildman–Crippen MR) is 74.8 cm³/mol. The SMILES string of the molecule is O[C@@H](c1ccc(Cl)cc1)c1c(C(F)(F)F)cc(Cl)nc1Cl. The second kappa shape index (κ2) is 6.01. The predicted octanol–water partition coefficient (Wildman–Crippen LogP) is 5.14. The second-order valence-electron chi connectivity index (χ2n) is 4.15.